The summed E-state index contributed by atoms with van der Waals surface area (Å²) < 4.78 is 25.7. The Bertz CT molecular complexity index is 600. The Labute approximate surface area is 116 Å². The van der Waals surface area contributed by atoms with Crippen molar-refractivity contribution in [3.63, 3.8) is 0 Å². The number of nitrogens with one attached hydrogen (secondary N) is 2. The summed E-state index contributed by atoms with van der Waals surface area (Å²) in [4.78, 5) is 21.0. The molecule has 1 aromatic rings. The summed E-state index contributed by atoms with van der Waals surface area (Å²) in [6, 6.07) is 5.24. The van der Waals surface area contributed by atoms with Crippen molar-refractivity contribution in [2.24, 2.45) is 5.73 Å². The van der Waals surface area contributed by atoms with E-state index < -0.39 is 22.0 Å². The third kappa shape index (κ3) is 6.05. The molecule has 1 aromatic carbocycles. The van der Waals surface area contributed by atoms with Crippen LogP contribution in [0, 0.1) is 0 Å². The van der Waals surface area contributed by atoms with Crippen molar-refractivity contribution < 1.29 is 23.1 Å². The van der Waals surface area contributed by atoms with Gasteiger partial charge in [0, 0.05) is 12.1 Å². The number of anilines is 2. The number of carbonyl (C=O) groups is 2. The first-order valence-corrected chi connectivity index (χ1v) is 7.32. The predicted molar refractivity (Wildman–Crippen MR) is 73.9 cm³/mol. The minimum atomic E-state index is -3.63. The van der Waals surface area contributed by atoms with Crippen molar-refractivity contribution in [2.75, 3.05) is 15.8 Å². The SMILES string of the molecule is NC(=O)Nc1cccc(NS(=O)(=O)CCCC(=O)O)c1. The van der Waals surface area contributed by atoms with Crippen molar-refractivity contribution in [2.45, 2.75) is 12.8 Å². The molecule has 0 atom stereocenters. The minimum absolute atomic E-state index is 0.0178. The number of carbonyl (C=O) groups excluding carboxylic acids is 1. The largest absolute Gasteiger partial charge is 0.481 e. The van der Waals surface area contributed by atoms with E-state index in [2.05, 4.69) is 10.0 Å². The second-order valence-corrected chi connectivity index (χ2v) is 5.83. The van der Waals surface area contributed by atoms with Crippen LogP contribution < -0.4 is 15.8 Å². The number of benzene rings is 1. The highest BCUT2D eigenvalue weighted by Gasteiger charge is 2.11. The van der Waals surface area contributed by atoms with Gasteiger partial charge in [-0.2, -0.15) is 0 Å². The van der Waals surface area contributed by atoms with E-state index in [0.717, 1.165) is 0 Å². The summed E-state index contributed by atoms with van der Waals surface area (Å²) in [5.74, 6) is -1.35. The Morgan fingerprint density at radius 3 is 2.50 bits per heavy atom. The van der Waals surface area contributed by atoms with Crippen molar-refractivity contribution in [3.05, 3.63) is 24.3 Å². The average Bonchev–Trinajstić information content (AvgIpc) is 2.26. The predicted octanol–water partition coefficient (Wildman–Crippen LogP) is 0.784. The summed E-state index contributed by atoms with van der Waals surface area (Å²) in [7, 11) is -3.63. The maximum Gasteiger partial charge on any atom is 0.316 e. The third-order valence-electron chi connectivity index (χ3n) is 2.21. The van der Waals surface area contributed by atoms with Gasteiger partial charge in [0.25, 0.3) is 0 Å². The van der Waals surface area contributed by atoms with E-state index in [1.54, 1.807) is 12.1 Å². The number of urea groups is 1. The van der Waals surface area contributed by atoms with Crippen molar-refractivity contribution >= 4 is 33.4 Å². The highest BCUT2D eigenvalue weighted by molar-refractivity contribution is 7.92. The molecule has 110 valence electrons. The lowest BCUT2D eigenvalue weighted by atomic mass is 10.3. The van der Waals surface area contributed by atoms with Gasteiger partial charge in [0.1, 0.15) is 0 Å². The van der Waals surface area contributed by atoms with Gasteiger partial charge in [-0.05, 0) is 24.6 Å². The van der Waals surface area contributed by atoms with Gasteiger partial charge in [-0.1, -0.05) is 6.07 Å². The molecule has 0 aliphatic carbocycles. The van der Waals surface area contributed by atoms with Crippen molar-refractivity contribution in [3.8, 4) is 0 Å². The van der Waals surface area contributed by atoms with E-state index in [9.17, 15) is 18.0 Å². The van der Waals surface area contributed by atoms with Crippen LogP contribution in [-0.4, -0.2) is 31.3 Å². The van der Waals surface area contributed by atoms with Crippen LogP contribution in [0.1, 0.15) is 12.8 Å². The molecule has 0 radical (unpaired) electrons. The van der Waals surface area contributed by atoms with Gasteiger partial charge in [0.05, 0.1) is 11.4 Å². The number of carboxylic acids is 1. The molecule has 5 N–H and O–H groups in total. The maximum absolute atomic E-state index is 11.7. The molecular weight excluding hydrogens is 286 g/mol. The fourth-order valence-corrected chi connectivity index (χ4v) is 2.56. The molecule has 0 aromatic heterocycles. The first kappa shape index (κ1) is 15.8. The van der Waals surface area contributed by atoms with Crippen molar-refractivity contribution in [1.82, 2.24) is 0 Å². The van der Waals surface area contributed by atoms with Gasteiger partial charge in [0.15, 0.2) is 0 Å². The lowest BCUT2D eigenvalue weighted by molar-refractivity contribution is -0.137. The Morgan fingerprint density at radius 1 is 1.25 bits per heavy atom. The van der Waals surface area contributed by atoms with E-state index in [1.165, 1.54) is 12.1 Å². The minimum Gasteiger partial charge on any atom is -0.481 e. The highest BCUT2D eigenvalue weighted by Crippen LogP contribution is 2.16. The van der Waals surface area contributed by atoms with Crippen LogP contribution in [0.4, 0.5) is 16.2 Å². The normalized spacial score (nSPS) is 10.8. The van der Waals surface area contributed by atoms with Gasteiger partial charge in [-0.15, -0.1) is 0 Å². The zero-order valence-corrected chi connectivity index (χ0v) is 11.3. The molecule has 0 bridgehead atoms. The van der Waals surface area contributed by atoms with E-state index in [0.29, 0.717) is 5.69 Å². The smallest absolute Gasteiger partial charge is 0.316 e. The molecule has 0 fully saturated rings. The standard InChI is InChI=1S/C11H15N3O5S/c12-11(17)13-8-3-1-4-9(7-8)14-20(18,19)6-2-5-10(15)16/h1,3-4,7,14H,2,5-6H2,(H,15,16)(H3,12,13,17). The number of aliphatic carboxylic acids is 1. The van der Waals surface area contributed by atoms with Crippen LogP contribution in [-0.2, 0) is 14.8 Å². The fraction of sp³-hybridized carbons (Fsp3) is 0.273. The van der Waals surface area contributed by atoms with Gasteiger partial charge in [0.2, 0.25) is 10.0 Å². The van der Waals surface area contributed by atoms with E-state index in [1.807, 2.05) is 0 Å². The maximum atomic E-state index is 11.7. The number of primary amides is 1. The molecule has 9 heteroatoms. The fourth-order valence-electron chi connectivity index (χ4n) is 1.45. The van der Waals surface area contributed by atoms with Crippen LogP contribution in [0.5, 0.6) is 0 Å². The van der Waals surface area contributed by atoms with Gasteiger partial charge >= 0.3 is 12.0 Å². The lowest BCUT2D eigenvalue weighted by Crippen LogP contribution is -2.20. The van der Waals surface area contributed by atoms with E-state index in [-0.39, 0.29) is 24.3 Å². The Kier molecular flexibility index (Phi) is 5.32. The van der Waals surface area contributed by atoms with Gasteiger partial charge < -0.3 is 16.2 Å². The third-order valence-corrected chi connectivity index (χ3v) is 3.58. The molecule has 0 unspecified atom stereocenters. The molecule has 0 saturated carbocycles. The lowest BCUT2D eigenvalue weighted by Gasteiger charge is -2.09. The van der Waals surface area contributed by atoms with Gasteiger partial charge in [-0.25, -0.2) is 13.2 Å². The summed E-state index contributed by atoms with van der Waals surface area (Å²) in [6.45, 7) is 0. The molecule has 0 aliphatic heterocycles. The Hall–Kier alpha value is -2.29. The molecule has 0 aliphatic rings. The number of hydrogen-bond donors (Lipinski definition) is 4. The number of amides is 2. The molecule has 2 amide bonds. The number of rotatable bonds is 7. The monoisotopic (exact) mass is 301 g/mol. The second kappa shape index (κ2) is 6.75. The van der Waals surface area contributed by atoms with Crippen LogP contribution in [0.15, 0.2) is 24.3 Å². The molecule has 20 heavy (non-hydrogen) atoms. The Morgan fingerprint density at radius 2 is 1.90 bits per heavy atom. The van der Waals surface area contributed by atoms with Gasteiger partial charge in [-0.3, -0.25) is 9.52 Å². The number of carboxylic acid groups (broad SMARTS) is 1. The summed E-state index contributed by atoms with van der Waals surface area (Å²) >= 11 is 0. The van der Waals surface area contributed by atoms with Crippen LogP contribution in [0.25, 0.3) is 0 Å². The zero-order valence-electron chi connectivity index (χ0n) is 10.5. The summed E-state index contributed by atoms with van der Waals surface area (Å²) in [6.07, 6.45) is -0.200. The quantitative estimate of drug-likeness (QED) is 0.589. The number of sulfonamides is 1. The molecule has 0 spiro atoms. The van der Waals surface area contributed by atoms with Crippen LogP contribution >= 0.6 is 0 Å². The number of hydrogen-bond acceptors (Lipinski definition) is 4. The molecule has 8 nitrogen and oxygen atoms in total. The van der Waals surface area contributed by atoms with Crippen LogP contribution in [0.2, 0.25) is 0 Å². The molecule has 1 rings (SSSR count). The number of nitrogens with two attached hydrogens (primary N) is 1. The van der Waals surface area contributed by atoms with E-state index in [4.69, 9.17) is 10.8 Å². The van der Waals surface area contributed by atoms with Crippen LogP contribution in [0.3, 0.4) is 0 Å². The first-order valence-electron chi connectivity index (χ1n) is 5.67. The zero-order chi connectivity index (χ0) is 15.2. The summed E-state index contributed by atoms with van der Waals surface area (Å²) in [5, 5.41) is 10.8. The molecule has 0 heterocycles. The first-order chi connectivity index (χ1) is 9.28. The van der Waals surface area contributed by atoms with E-state index >= 15 is 0 Å². The summed E-state index contributed by atoms with van der Waals surface area (Å²) in [5.41, 5.74) is 5.56. The molecule has 0 saturated heterocycles. The second-order valence-electron chi connectivity index (χ2n) is 3.99. The molecular formula is C11H15N3O5S. The highest BCUT2D eigenvalue weighted by atomic mass is 32.2. The Balaban J connectivity index is 2.67. The topological polar surface area (TPSA) is 139 Å². The van der Waals surface area contributed by atoms with Crippen molar-refractivity contribution in [1.29, 1.82) is 0 Å². The average molecular weight is 301 g/mol.